The van der Waals surface area contributed by atoms with Crippen molar-refractivity contribution in [3.63, 3.8) is 0 Å². The first-order valence-electron chi connectivity index (χ1n) is 4.35. The van der Waals surface area contributed by atoms with Gasteiger partial charge in [0.2, 0.25) is 0 Å². The Bertz CT molecular complexity index is 350. The lowest BCUT2D eigenvalue weighted by molar-refractivity contribution is 0.0696. The van der Waals surface area contributed by atoms with Gasteiger partial charge in [0.25, 0.3) is 0 Å². The Hall–Kier alpha value is -1.39. The summed E-state index contributed by atoms with van der Waals surface area (Å²) in [6.07, 6.45) is 0. The molecule has 0 aliphatic heterocycles. The lowest BCUT2D eigenvalue weighted by Gasteiger charge is -2.10. The summed E-state index contributed by atoms with van der Waals surface area (Å²) in [4.78, 5) is 10.8. The van der Waals surface area contributed by atoms with Crippen LogP contribution < -0.4 is 11.5 Å². The number of nitrogens with two attached hydrogens (primary N) is 2. The van der Waals surface area contributed by atoms with Gasteiger partial charge in [0, 0.05) is 12.6 Å². The van der Waals surface area contributed by atoms with E-state index in [1.54, 1.807) is 25.1 Å². The zero-order valence-electron chi connectivity index (χ0n) is 8.03. The van der Waals surface area contributed by atoms with Crippen molar-refractivity contribution in [1.29, 1.82) is 0 Å². The summed E-state index contributed by atoms with van der Waals surface area (Å²) in [6, 6.07) is 4.83. The summed E-state index contributed by atoms with van der Waals surface area (Å²) in [5, 5.41) is 8.87. The predicted octanol–water partition coefficient (Wildman–Crippen LogP) is 0.652. The second-order valence-electron chi connectivity index (χ2n) is 3.22. The summed E-state index contributed by atoms with van der Waals surface area (Å²) in [6.45, 7) is 2.06. The van der Waals surface area contributed by atoms with E-state index in [1.807, 2.05) is 0 Å². The minimum Gasteiger partial charge on any atom is -0.478 e. The average Bonchev–Trinajstić information content (AvgIpc) is 2.17. The Kier molecular flexibility index (Phi) is 3.22. The molecule has 1 atom stereocenters. The van der Waals surface area contributed by atoms with Crippen molar-refractivity contribution >= 4 is 5.97 Å². The maximum atomic E-state index is 10.8. The van der Waals surface area contributed by atoms with Crippen LogP contribution in [0.3, 0.4) is 0 Å². The molecule has 1 rings (SSSR count). The number of aryl methyl sites for hydroxylation is 1. The highest BCUT2D eigenvalue weighted by molar-refractivity contribution is 5.89. The van der Waals surface area contributed by atoms with Gasteiger partial charge in [-0.1, -0.05) is 12.1 Å². The summed E-state index contributed by atoms with van der Waals surface area (Å²) in [5.74, 6) is -0.937. The Labute approximate surface area is 82.5 Å². The molecule has 4 nitrogen and oxygen atoms in total. The van der Waals surface area contributed by atoms with Crippen molar-refractivity contribution in [1.82, 2.24) is 0 Å². The summed E-state index contributed by atoms with van der Waals surface area (Å²) in [7, 11) is 0. The maximum absolute atomic E-state index is 10.8. The van der Waals surface area contributed by atoms with Gasteiger partial charge in [-0.3, -0.25) is 0 Å². The summed E-state index contributed by atoms with van der Waals surface area (Å²) >= 11 is 0. The van der Waals surface area contributed by atoms with Crippen LogP contribution in [0.5, 0.6) is 0 Å². The van der Waals surface area contributed by atoms with E-state index < -0.39 is 5.97 Å². The van der Waals surface area contributed by atoms with Gasteiger partial charge in [0.1, 0.15) is 0 Å². The number of hydrogen-bond donors (Lipinski definition) is 3. The molecule has 1 aromatic carbocycles. The fraction of sp³-hybridized carbons (Fsp3) is 0.300. The number of carboxylic acid groups (broad SMARTS) is 1. The van der Waals surface area contributed by atoms with Crippen molar-refractivity contribution < 1.29 is 9.90 Å². The van der Waals surface area contributed by atoms with Crippen LogP contribution in [0.1, 0.15) is 27.5 Å². The second-order valence-corrected chi connectivity index (χ2v) is 3.22. The van der Waals surface area contributed by atoms with Gasteiger partial charge in [0.15, 0.2) is 0 Å². The van der Waals surface area contributed by atoms with Crippen LogP contribution in [-0.4, -0.2) is 17.6 Å². The van der Waals surface area contributed by atoms with E-state index in [0.717, 1.165) is 11.1 Å². The number of hydrogen-bond acceptors (Lipinski definition) is 3. The molecule has 1 aromatic rings. The lowest BCUT2D eigenvalue weighted by atomic mass is 10.0. The molecule has 0 spiro atoms. The highest BCUT2D eigenvalue weighted by Gasteiger charge is 2.10. The van der Waals surface area contributed by atoms with Crippen LogP contribution >= 0.6 is 0 Å². The van der Waals surface area contributed by atoms with E-state index in [9.17, 15) is 4.79 Å². The van der Waals surface area contributed by atoms with Crippen molar-refractivity contribution in [3.05, 3.63) is 34.9 Å². The van der Waals surface area contributed by atoms with Crippen molar-refractivity contribution in [2.24, 2.45) is 11.5 Å². The summed E-state index contributed by atoms with van der Waals surface area (Å²) < 4.78 is 0. The highest BCUT2D eigenvalue weighted by Crippen LogP contribution is 2.15. The standard InChI is InChI=1S/C10H14N2O2/c1-6-2-3-7(9(12)5-11)4-8(6)10(13)14/h2-4,9H,5,11-12H2,1H3,(H,13,14)/t9-/m1/s1. The third kappa shape index (κ3) is 2.10. The van der Waals surface area contributed by atoms with Crippen LogP contribution in [0, 0.1) is 6.92 Å². The van der Waals surface area contributed by atoms with Crippen LogP contribution in [0.25, 0.3) is 0 Å². The Morgan fingerprint density at radius 3 is 2.71 bits per heavy atom. The smallest absolute Gasteiger partial charge is 0.335 e. The van der Waals surface area contributed by atoms with Gasteiger partial charge in [-0.15, -0.1) is 0 Å². The van der Waals surface area contributed by atoms with Crippen molar-refractivity contribution in [3.8, 4) is 0 Å². The molecule has 0 radical (unpaired) electrons. The molecule has 0 fully saturated rings. The van der Waals surface area contributed by atoms with Gasteiger partial charge in [-0.05, 0) is 24.1 Å². The highest BCUT2D eigenvalue weighted by atomic mass is 16.4. The Morgan fingerprint density at radius 1 is 1.57 bits per heavy atom. The van der Waals surface area contributed by atoms with Gasteiger partial charge in [0.05, 0.1) is 5.56 Å². The van der Waals surface area contributed by atoms with Gasteiger partial charge in [-0.2, -0.15) is 0 Å². The lowest BCUT2D eigenvalue weighted by Crippen LogP contribution is -2.21. The fourth-order valence-corrected chi connectivity index (χ4v) is 1.24. The molecule has 0 unspecified atom stereocenters. The molecule has 4 heteroatoms. The zero-order chi connectivity index (χ0) is 10.7. The van der Waals surface area contributed by atoms with Crippen LogP contribution in [0.4, 0.5) is 0 Å². The number of carboxylic acids is 1. The van der Waals surface area contributed by atoms with Crippen molar-refractivity contribution in [2.45, 2.75) is 13.0 Å². The second kappa shape index (κ2) is 4.21. The summed E-state index contributed by atoms with van der Waals surface area (Å²) in [5.41, 5.74) is 12.9. The molecule has 0 bridgehead atoms. The largest absolute Gasteiger partial charge is 0.478 e. The van der Waals surface area contributed by atoms with Gasteiger partial charge < -0.3 is 16.6 Å². The monoisotopic (exact) mass is 194 g/mol. The number of carbonyl (C=O) groups is 1. The average molecular weight is 194 g/mol. The van der Waals surface area contributed by atoms with E-state index in [1.165, 1.54) is 0 Å². The normalized spacial score (nSPS) is 12.5. The first kappa shape index (κ1) is 10.7. The SMILES string of the molecule is Cc1ccc([C@H](N)CN)cc1C(=O)O. The molecular weight excluding hydrogens is 180 g/mol. The quantitative estimate of drug-likeness (QED) is 0.659. The van der Waals surface area contributed by atoms with Gasteiger partial charge >= 0.3 is 5.97 Å². The molecule has 0 aliphatic carbocycles. The van der Waals surface area contributed by atoms with E-state index in [-0.39, 0.29) is 11.6 Å². The van der Waals surface area contributed by atoms with E-state index >= 15 is 0 Å². The molecule has 14 heavy (non-hydrogen) atoms. The first-order chi connectivity index (χ1) is 6.56. The molecule has 0 aromatic heterocycles. The third-order valence-electron chi connectivity index (χ3n) is 2.17. The minimum absolute atomic E-state index is 0.284. The molecule has 5 N–H and O–H groups in total. The molecule has 0 aliphatic rings. The van der Waals surface area contributed by atoms with E-state index in [4.69, 9.17) is 16.6 Å². The van der Waals surface area contributed by atoms with Crippen LogP contribution in [0.15, 0.2) is 18.2 Å². The topological polar surface area (TPSA) is 89.3 Å². The fourth-order valence-electron chi connectivity index (χ4n) is 1.24. The molecule has 0 heterocycles. The number of rotatable bonds is 3. The first-order valence-corrected chi connectivity index (χ1v) is 4.35. The zero-order valence-corrected chi connectivity index (χ0v) is 8.03. The predicted molar refractivity (Wildman–Crippen MR) is 54.1 cm³/mol. The molecule has 0 amide bonds. The maximum Gasteiger partial charge on any atom is 0.335 e. The number of benzene rings is 1. The van der Waals surface area contributed by atoms with E-state index in [0.29, 0.717) is 6.54 Å². The molecule has 0 saturated carbocycles. The number of aromatic carboxylic acids is 1. The van der Waals surface area contributed by atoms with Crippen molar-refractivity contribution in [2.75, 3.05) is 6.54 Å². The van der Waals surface area contributed by atoms with Crippen LogP contribution in [0.2, 0.25) is 0 Å². The minimum atomic E-state index is -0.937. The van der Waals surface area contributed by atoms with E-state index in [2.05, 4.69) is 0 Å². The molecule has 76 valence electrons. The van der Waals surface area contributed by atoms with Gasteiger partial charge in [-0.25, -0.2) is 4.79 Å². The Balaban J connectivity index is 3.12. The Morgan fingerprint density at radius 2 is 2.21 bits per heavy atom. The molecule has 0 saturated heterocycles. The van der Waals surface area contributed by atoms with Crippen LogP contribution in [-0.2, 0) is 0 Å². The third-order valence-corrected chi connectivity index (χ3v) is 2.17. The molecular formula is C10H14N2O2.